The molecule has 4 rings (SSSR count). The van der Waals surface area contributed by atoms with E-state index < -0.39 is 10.0 Å². The van der Waals surface area contributed by atoms with Gasteiger partial charge in [-0.05, 0) is 24.3 Å². The molecule has 0 bridgehead atoms. The van der Waals surface area contributed by atoms with Gasteiger partial charge in [-0.25, -0.2) is 8.42 Å². The predicted octanol–water partition coefficient (Wildman–Crippen LogP) is 3.74. The zero-order valence-electron chi connectivity index (χ0n) is 15.7. The normalized spacial score (nSPS) is 15.8. The molecule has 1 aliphatic heterocycles. The topological polar surface area (TPSA) is 62.6 Å². The quantitative estimate of drug-likeness (QED) is 0.555. The molecule has 0 N–H and O–H groups in total. The first-order chi connectivity index (χ1) is 13.8. The summed E-state index contributed by atoms with van der Waals surface area (Å²) in [6, 6.07) is 12.5. The third kappa shape index (κ3) is 3.70. The number of aryl methyl sites for hydroxylation is 1. The van der Waals surface area contributed by atoms with Gasteiger partial charge in [0.1, 0.15) is 4.90 Å². The zero-order chi connectivity index (χ0) is 20.8. The van der Waals surface area contributed by atoms with Gasteiger partial charge in [-0.1, -0.05) is 45.7 Å². The van der Waals surface area contributed by atoms with Crippen molar-refractivity contribution in [3.63, 3.8) is 0 Å². The summed E-state index contributed by atoms with van der Waals surface area (Å²) < 4.78 is 30.0. The van der Waals surface area contributed by atoms with Crippen LogP contribution in [0.4, 0.5) is 0 Å². The van der Waals surface area contributed by atoms with Crippen LogP contribution in [0.2, 0.25) is 5.02 Å². The maximum absolute atomic E-state index is 13.1. The number of piperazine rings is 1. The van der Waals surface area contributed by atoms with Crippen molar-refractivity contribution >= 4 is 54.4 Å². The predicted molar refractivity (Wildman–Crippen MR) is 117 cm³/mol. The molecule has 152 valence electrons. The molecule has 0 aliphatic carbocycles. The highest BCUT2D eigenvalue weighted by Crippen LogP contribution is 2.29. The largest absolute Gasteiger partial charge is 0.350 e. The van der Waals surface area contributed by atoms with E-state index in [9.17, 15) is 13.2 Å². The Bertz CT molecular complexity index is 1200. The van der Waals surface area contributed by atoms with Crippen molar-refractivity contribution in [1.29, 1.82) is 0 Å². The molecule has 29 heavy (non-hydrogen) atoms. The van der Waals surface area contributed by atoms with Gasteiger partial charge in [0.15, 0.2) is 0 Å². The average Bonchev–Trinajstić information content (AvgIpc) is 3.04. The number of para-hydroxylation sites is 1. The van der Waals surface area contributed by atoms with E-state index in [4.69, 9.17) is 11.6 Å². The lowest BCUT2D eigenvalue weighted by Crippen LogP contribution is -2.50. The van der Waals surface area contributed by atoms with Crippen LogP contribution in [0.3, 0.4) is 0 Å². The number of nitrogens with zero attached hydrogens (tertiary/aromatic N) is 3. The van der Waals surface area contributed by atoms with Gasteiger partial charge in [-0.15, -0.1) is 0 Å². The molecular formula is C20H19BrClN3O3S. The fourth-order valence-electron chi connectivity index (χ4n) is 3.64. The number of fused-ring (bicyclic) bond motifs is 1. The fourth-order valence-corrected chi connectivity index (χ4v) is 6.07. The Hall–Kier alpha value is -1.87. The summed E-state index contributed by atoms with van der Waals surface area (Å²) in [4.78, 5) is 14.8. The number of carbonyl (C=O) groups is 1. The van der Waals surface area contributed by atoms with Crippen LogP contribution in [0, 0.1) is 0 Å². The monoisotopic (exact) mass is 495 g/mol. The summed E-state index contributed by atoms with van der Waals surface area (Å²) in [6.07, 6.45) is 1.83. The minimum Gasteiger partial charge on any atom is -0.350 e. The Labute approximate surface area is 182 Å². The molecule has 0 atom stereocenters. The highest BCUT2D eigenvalue weighted by atomic mass is 79.9. The molecule has 1 aromatic heterocycles. The van der Waals surface area contributed by atoms with Crippen molar-refractivity contribution in [3.05, 3.63) is 63.7 Å². The summed E-state index contributed by atoms with van der Waals surface area (Å²) in [5.41, 5.74) is 1.62. The minimum absolute atomic E-state index is 0.0798. The number of benzene rings is 2. The number of carbonyl (C=O) groups excluding carboxylic acids is 1. The summed E-state index contributed by atoms with van der Waals surface area (Å²) >= 11 is 9.43. The van der Waals surface area contributed by atoms with Crippen molar-refractivity contribution in [2.24, 2.45) is 7.05 Å². The summed E-state index contributed by atoms with van der Waals surface area (Å²) in [7, 11) is -1.81. The number of aromatic nitrogens is 1. The third-order valence-corrected chi connectivity index (χ3v) is 8.04. The van der Waals surface area contributed by atoms with E-state index in [1.165, 1.54) is 10.4 Å². The first-order valence-corrected chi connectivity index (χ1v) is 11.7. The van der Waals surface area contributed by atoms with E-state index in [2.05, 4.69) is 15.9 Å². The maximum Gasteiger partial charge on any atom is 0.256 e. The van der Waals surface area contributed by atoms with Gasteiger partial charge in [-0.3, -0.25) is 4.79 Å². The molecule has 2 aromatic carbocycles. The van der Waals surface area contributed by atoms with Crippen LogP contribution in [-0.2, 0) is 17.1 Å². The molecular weight excluding hydrogens is 478 g/mol. The number of hydrogen-bond donors (Lipinski definition) is 0. The number of rotatable bonds is 3. The first kappa shape index (κ1) is 20.4. The van der Waals surface area contributed by atoms with Gasteiger partial charge < -0.3 is 9.47 Å². The molecule has 6 nitrogen and oxygen atoms in total. The van der Waals surface area contributed by atoms with E-state index in [0.717, 1.165) is 10.9 Å². The molecule has 1 amide bonds. The van der Waals surface area contributed by atoms with Crippen LogP contribution >= 0.6 is 27.5 Å². The molecule has 0 saturated carbocycles. The molecule has 1 fully saturated rings. The lowest BCUT2D eigenvalue weighted by molar-refractivity contribution is 0.0699. The van der Waals surface area contributed by atoms with Gasteiger partial charge >= 0.3 is 0 Å². The van der Waals surface area contributed by atoms with Crippen molar-refractivity contribution in [2.45, 2.75) is 4.90 Å². The van der Waals surface area contributed by atoms with Gasteiger partial charge in [0.05, 0.1) is 10.6 Å². The lowest BCUT2D eigenvalue weighted by Gasteiger charge is -2.34. The van der Waals surface area contributed by atoms with Crippen molar-refractivity contribution < 1.29 is 13.2 Å². The smallest absolute Gasteiger partial charge is 0.256 e. The Morgan fingerprint density at radius 3 is 2.45 bits per heavy atom. The lowest BCUT2D eigenvalue weighted by atomic mass is 10.1. The van der Waals surface area contributed by atoms with Crippen LogP contribution in [-0.4, -0.2) is 54.3 Å². The molecule has 1 saturated heterocycles. The van der Waals surface area contributed by atoms with Crippen LogP contribution in [0.15, 0.2) is 58.0 Å². The number of amides is 1. The standard InChI is InChI=1S/C20H19BrClN3O3S/c1-23-13-16(15-4-2-3-5-18(15)23)20(26)24-8-10-25(11-9-24)29(27,28)19-7-6-14(21)12-17(19)22/h2-7,12-13H,8-11H2,1H3. The highest BCUT2D eigenvalue weighted by Gasteiger charge is 2.32. The third-order valence-electron chi connectivity index (χ3n) is 5.16. The average molecular weight is 497 g/mol. The molecule has 0 radical (unpaired) electrons. The number of sulfonamides is 1. The molecule has 0 unspecified atom stereocenters. The SMILES string of the molecule is Cn1cc(C(=O)N2CCN(S(=O)(=O)c3ccc(Br)cc3Cl)CC2)c2ccccc21. The number of halogens is 2. The van der Waals surface area contributed by atoms with E-state index in [1.807, 2.05) is 42.1 Å². The summed E-state index contributed by atoms with van der Waals surface area (Å²) in [5.74, 6) is -0.0828. The fraction of sp³-hybridized carbons (Fsp3) is 0.250. The molecule has 0 spiro atoms. The molecule has 2 heterocycles. The highest BCUT2D eigenvalue weighted by molar-refractivity contribution is 9.10. The summed E-state index contributed by atoms with van der Waals surface area (Å²) in [6.45, 7) is 1.11. The maximum atomic E-state index is 13.1. The van der Waals surface area contributed by atoms with E-state index in [0.29, 0.717) is 23.1 Å². The number of hydrogen-bond acceptors (Lipinski definition) is 3. The second-order valence-corrected chi connectivity index (χ2v) is 10.2. The Morgan fingerprint density at radius 2 is 1.76 bits per heavy atom. The van der Waals surface area contributed by atoms with E-state index in [-0.39, 0.29) is 28.9 Å². The minimum atomic E-state index is -3.72. The molecule has 3 aromatic rings. The first-order valence-electron chi connectivity index (χ1n) is 9.07. The second-order valence-electron chi connectivity index (χ2n) is 6.94. The van der Waals surface area contributed by atoms with Crippen molar-refractivity contribution in [3.8, 4) is 0 Å². The van der Waals surface area contributed by atoms with Crippen LogP contribution in [0.25, 0.3) is 10.9 Å². The Kier molecular flexibility index (Phi) is 5.46. The van der Waals surface area contributed by atoms with Crippen LogP contribution in [0.1, 0.15) is 10.4 Å². The van der Waals surface area contributed by atoms with Gasteiger partial charge in [0.25, 0.3) is 5.91 Å². The van der Waals surface area contributed by atoms with E-state index >= 15 is 0 Å². The van der Waals surface area contributed by atoms with E-state index in [1.54, 1.807) is 17.0 Å². The zero-order valence-corrected chi connectivity index (χ0v) is 18.8. The van der Waals surface area contributed by atoms with Crippen molar-refractivity contribution in [1.82, 2.24) is 13.8 Å². The molecule has 9 heteroatoms. The molecule has 1 aliphatic rings. The van der Waals surface area contributed by atoms with Crippen LogP contribution < -0.4 is 0 Å². The van der Waals surface area contributed by atoms with Gasteiger partial charge in [0.2, 0.25) is 10.0 Å². The second kappa shape index (κ2) is 7.75. The van der Waals surface area contributed by atoms with Crippen molar-refractivity contribution in [2.75, 3.05) is 26.2 Å². The Morgan fingerprint density at radius 1 is 1.07 bits per heavy atom. The van der Waals surface area contributed by atoms with Crippen LogP contribution in [0.5, 0.6) is 0 Å². The Balaban J connectivity index is 1.52. The van der Waals surface area contributed by atoms with Gasteiger partial charge in [-0.2, -0.15) is 4.31 Å². The van der Waals surface area contributed by atoms with Gasteiger partial charge in [0, 0.05) is 54.8 Å². The summed E-state index contributed by atoms with van der Waals surface area (Å²) in [5, 5.41) is 1.07.